The fraction of sp³-hybridized carbons (Fsp3) is 0.0556. The van der Waals surface area contributed by atoms with E-state index in [9.17, 15) is 18.4 Å². The fourth-order valence-electron chi connectivity index (χ4n) is 2.07. The number of rotatable bonds is 5. The summed E-state index contributed by atoms with van der Waals surface area (Å²) in [7, 11) is 0. The molecule has 0 aliphatic carbocycles. The summed E-state index contributed by atoms with van der Waals surface area (Å²) in [5.74, 6) is -2.32. The van der Waals surface area contributed by atoms with E-state index in [1.54, 1.807) is 12.1 Å². The third kappa shape index (κ3) is 4.87. The number of halogens is 3. The van der Waals surface area contributed by atoms with Crippen LogP contribution in [0.25, 0.3) is 10.6 Å². The van der Waals surface area contributed by atoms with Gasteiger partial charge in [-0.25, -0.2) is 18.6 Å². The first-order valence-corrected chi connectivity index (χ1v) is 8.81. The standard InChI is InChI=1S/C18H11ClF2N2O3S/c19-13-7-12(21)5-6-14(13)22-16(24)8-26-18(25)15-9-27-17(23-15)10-1-3-11(20)4-2-10/h1-7,9H,8H2,(H,22,24). The normalized spacial score (nSPS) is 10.5. The van der Waals surface area contributed by atoms with Gasteiger partial charge in [-0.15, -0.1) is 11.3 Å². The summed E-state index contributed by atoms with van der Waals surface area (Å²) in [5, 5.41) is 4.44. The van der Waals surface area contributed by atoms with Crippen molar-refractivity contribution >= 4 is 40.5 Å². The van der Waals surface area contributed by atoms with Crippen molar-refractivity contribution in [2.75, 3.05) is 11.9 Å². The second-order valence-corrected chi connectivity index (χ2v) is 6.56. The lowest BCUT2D eigenvalue weighted by Gasteiger charge is -2.07. The Hall–Kier alpha value is -2.84. The summed E-state index contributed by atoms with van der Waals surface area (Å²) in [6, 6.07) is 9.16. The maximum absolute atomic E-state index is 13.0. The zero-order chi connectivity index (χ0) is 19.4. The second kappa shape index (κ2) is 8.24. The summed E-state index contributed by atoms with van der Waals surface area (Å²) in [5.41, 5.74) is 0.891. The van der Waals surface area contributed by atoms with Gasteiger partial charge in [-0.2, -0.15) is 0 Å². The lowest BCUT2D eigenvalue weighted by molar-refractivity contribution is -0.119. The van der Waals surface area contributed by atoms with Gasteiger partial charge in [0.25, 0.3) is 5.91 Å². The average molecular weight is 409 g/mol. The largest absolute Gasteiger partial charge is 0.451 e. The van der Waals surface area contributed by atoms with Crippen molar-refractivity contribution in [3.05, 3.63) is 70.2 Å². The Bertz CT molecular complexity index is 993. The Balaban J connectivity index is 1.57. The maximum atomic E-state index is 13.0. The van der Waals surface area contributed by atoms with Crippen molar-refractivity contribution in [3.8, 4) is 10.6 Å². The Labute approximate surface area is 161 Å². The van der Waals surface area contributed by atoms with Crippen molar-refractivity contribution in [1.82, 2.24) is 4.98 Å². The van der Waals surface area contributed by atoms with Crippen LogP contribution in [-0.4, -0.2) is 23.5 Å². The predicted molar refractivity (Wildman–Crippen MR) is 97.8 cm³/mol. The van der Waals surface area contributed by atoms with Gasteiger partial charge in [0, 0.05) is 10.9 Å². The van der Waals surface area contributed by atoms with Crippen LogP contribution in [0.5, 0.6) is 0 Å². The smallest absolute Gasteiger partial charge is 0.358 e. The highest BCUT2D eigenvalue weighted by Crippen LogP contribution is 2.24. The number of amides is 1. The van der Waals surface area contributed by atoms with Crippen LogP contribution in [0.2, 0.25) is 5.02 Å². The van der Waals surface area contributed by atoms with Crippen molar-refractivity contribution in [2.45, 2.75) is 0 Å². The van der Waals surface area contributed by atoms with E-state index >= 15 is 0 Å². The number of nitrogens with zero attached hydrogens (tertiary/aromatic N) is 1. The van der Waals surface area contributed by atoms with Gasteiger partial charge >= 0.3 is 5.97 Å². The zero-order valence-corrected chi connectivity index (χ0v) is 15.1. The van der Waals surface area contributed by atoms with Crippen LogP contribution in [-0.2, 0) is 9.53 Å². The lowest BCUT2D eigenvalue weighted by Crippen LogP contribution is -2.21. The molecule has 1 heterocycles. The Morgan fingerprint density at radius 3 is 2.52 bits per heavy atom. The molecule has 0 saturated heterocycles. The van der Waals surface area contributed by atoms with Gasteiger partial charge in [0.05, 0.1) is 10.7 Å². The summed E-state index contributed by atoms with van der Waals surface area (Å²) in [6.45, 7) is -0.560. The Morgan fingerprint density at radius 2 is 1.81 bits per heavy atom. The molecule has 5 nitrogen and oxygen atoms in total. The number of ether oxygens (including phenoxy) is 1. The Morgan fingerprint density at radius 1 is 1.11 bits per heavy atom. The molecule has 0 radical (unpaired) electrons. The number of hydrogen-bond donors (Lipinski definition) is 1. The quantitative estimate of drug-likeness (QED) is 0.629. The van der Waals surface area contributed by atoms with Gasteiger partial charge in [-0.1, -0.05) is 11.6 Å². The summed E-state index contributed by atoms with van der Waals surface area (Å²) in [4.78, 5) is 28.0. The summed E-state index contributed by atoms with van der Waals surface area (Å²) in [6.07, 6.45) is 0. The number of hydrogen-bond acceptors (Lipinski definition) is 5. The number of esters is 1. The number of benzene rings is 2. The SMILES string of the molecule is O=C(COC(=O)c1csc(-c2ccc(F)cc2)n1)Nc1ccc(F)cc1Cl. The minimum absolute atomic E-state index is 0.0260. The first-order chi connectivity index (χ1) is 12.9. The molecule has 0 spiro atoms. The van der Waals surface area contributed by atoms with Crippen LogP contribution in [0.1, 0.15) is 10.5 Å². The van der Waals surface area contributed by atoms with E-state index in [-0.39, 0.29) is 22.2 Å². The third-order valence-corrected chi connectivity index (χ3v) is 4.55. The van der Waals surface area contributed by atoms with E-state index in [0.717, 1.165) is 12.1 Å². The second-order valence-electron chi connectivity index (χ2n) is 5.29. The van der Waals surface area contributed by atoms with Gasteiger partial charge in [0.15, 0.2) is 12.3 Å². The van der Waals surface area contributed by atoms with E-state index in [0.29, 0.717) is 10.6 Å². The third-order valence-electron chi connectivity index (χ3n) is 3.34. The van der Waals surface area contributed by atoms with E-state index in [4.69, 9.17) is 16.3 Å². The van der Waals surface area contributed by atoms with Crippen molar-refractivity contribution < 1.29 is 23.1 Å². The molecule has 1 amide bonds. The summed E-state index contributed by atoms with van der Waals surface area (Å²) < 4.78 is 30.8. The maximum Gasteiger partial charge on any atom is 0.358 e. The van der Waals surface area contributed by atoms with E-state index < -0.39 is 24.3 Å². The number of anilines is 1. The van der Waals surface area contributed by atoms with Gasteiger partial charge < -0.3 is 10.1 Å². The van der Waals surface area contributed by atoms with Crippen LogP contribution in [0.15, 0.2) is 47.8 Å². The monoisotopic (exact) mass is 408 g/mol. The fourth-order valence-corrected chi connectivity index (χ4v) is 3.08. The topological polar surface area (TPSA) is 68.3 Å². The molecule has 0 bridgehead atoms. The number of thiazole rings is 1. The predicted octanol–water partition coefficient (Wildman–Crippen LogP) is 4.54. The molecule has 0 fully saturated rings. The first kappa shape index (κ1) is 18.9. The Kier molecular flexibility index (Phi) is 5.78. The number of aromatic nitrogens is 1. The molecular formula is C18H11ClF2N2O3S. The van der Waals surface area contributed by atoms with Crippen LogP contribution in [0.4, 0.5) is 14.5 Å². The first-order valence-electron chi connectivity index (χ1n) is 7.56. The molecule has 0 aliphatic heterocycles. The van der Waals surface area contributed by atoms with Crippen LogP contribution in [0.3, 0.4) is 0 Å². The molecule has 138 valence electrons. The lowest BCUT2D eigenvalue weighted by atomic mass is 10.2. The minimum atomic E-state index is -0.778. The van der Waals surface area contributed by atoms with E-state index in [1.165, 1.54) is 34.9 Å². The van der Waals surface area contributed by atoms with Gasteiger partial charge in [-0.3, -0.25) is 4.79 Å². The van der Waals surface area contributed by atoms with Gasteiger partial charge in [0.1, 0.15) is 16.6 Å². The average Bonchev–Trinajstić information content (AvgIpc) is 3.13. The van der Waals surface area contributed by atoms with Gasteiger partial charge in [-0.05, 0) is 42.5 Å². The molecule has 0 saturated carbocycles. The molecule has 0 aliphatic rings. The molecule has 2 aromatic carbocycles. The highest BCUT2D eigenvalue weighted by molar-refractivity contribution is 7.13. The zero-order valence-electron chi connectivity index (χ0n) is 13.5. The molecule has 9 heteroatoms. The molecule has 1 N–H and O–H groups in total. The van der Waals surface area contributed by atoms with Crippen molar-refractivity contribution in [2.24, 2.45) is 0 Å². The summed E-state index contributed by atoms with van der Waals surface area (Å²) >= 11 is 7.00. The van der Waals surface area contributed by atoms with Crippen LogP contribution in [0, 0.1) is 11.6 Å². The van der Waals surface area contributed by atoms with E-state index in [1.807, 2.05) is 0 Å². The molecule has 0 atom stereocenters. The van der Waals surface area contributed by atoms with Crippen molar-refractivity contribution in [1.29, 1.82) is 0 Å². The molecule has 0 unspecified atom stereocenters. The highest BCUT2D eigenvalue weighted by atomic mass is 35.5. The molecular weight excluding hydrogens is 398 g/mol. The van der Waals surface area contributed by atoms with Gasteiger partial charge in [0.2, 0.25) is 0 Å². The van der Waals surface area contributed by atoms with Crippen LogP contribution >= 0.6 is 22.9 Å². The number of carbonyl (C=O) groups is 2. The molecule has 3 rings (SSSR count). The molecule has 3 aromatic rings. The molecule has 1 aromatic heterocycles. The highest BCUT2D eigenvalue weighted by Gasteiger charge is 2.15. The van der Waals surface area contributed by atoms with Crippen molar-refractivity contribution in [3.63, 3.8) is 0 Å². The molecule has 27 heavy (non-hydrogen) atoms. The minimum Gasteiger partial charge on any atom is -0.451 e. The number of nitrogens with one attached hydrogen (secondary N) is 1. The van der Waals surface area contributed by atoms with Crippen LogP contribution < -0.4 is 5.32 Å². The van der Waals surface area contributed by atoms with E-state index in [2.05, 4.69) is 10.3 Å². The number of carbonyl (C=O) groups excluding carboxylic acids is 2.